The smallest absolute Gasteiger partial charge is 0.406 e. The van der Waals surface area contributed by atoms with Gasteiger partial charge in [0.15, 0.2) is 0 Å². The molecule has 3 atom stereocenters. The molecule has 0 amide bonds. The number of hydrogen-bond acceptors (Lipinski definition) is 1. The van der Waals surface area contributed by atoms with E-state index in [2.05, 4.69) is 41.7 Å². The number of rotatable bonds is 5. The van der Waals surface area contributed by atoms with Gasteiger partial charge in [-0.05, 0) is 97.4 Å². The van der Waals surface area contributed by atoms with Gasteiger partial charge in [-0.15, -0.1) is 13.2 Å². The van der Waals surface area contributed by atoms with Gasteiger partial charge in [-0.25, -0.2) is 0 Å². The van der Waals surface area contributed by atoms with E-state index in [0.717, 1.165) is 23.8 Å². The van der Waals surface area contributed by atoms with Crippen LogP contribution in [0.3, 0.4) is 0 Å². The lowest BCUT2D eigenvalue weighted by atomic mass is 9.64. The van der Waals surface area contributed by atoms with Gasteiger partial charge in [-0.3, -0.25) is 0 Å². The largest absolute Gasteiger partial charge is 0.573 e. The van der Waals surface area contributed by atoms with Crippen molar-refractivity contribution in [3.05, 3.63) is 64.7 Å². The minimum atomic E-state index is -4.68. The van der Waals surface area contributed by atoms with Crippen molar-refractivity contribution >= 4 is 0 Å². The topological polar surface area (TPSA) is 9.23 Å². The number of unbranched alkanes of at least 4 members (excludes halogenated alkanes) is 2. The van der Waals surface area contributed by atoms with Gasteiger partial charge in [0.1, 0.15) is 5.75 Å². The lowest BCUT2D eigenvalue weighted by Crippen LogP contribution is -2.28. The lowest BCUT2D eigenvalue weighted by Gasteiger charge is -2.40. The average molecular weight is 441 g/mol. The van der Waals surface area contributed by atoms with Crippen molar-refractivity contribution in [1.29, 1.82) is 0 Å². The van der Waals surface area contributed by atoms with Gasteiger partial charge >= 0.3 is 6.36 Å². The van der Waals surface area contributed by atoms with Gasteiger partial charge in [0.25, 0.3) is 0 Å². The van der Waals surface area contributed by atoms with Crippen LogP contribution < -0.4 is 4.74 Å². The minimum absolute atomic E-state index is 0.230. The van der Waals surface area contributed by atoms with E-state index in [1.54, 1.807) is 12.1 Å². The molecule has 2 aliphatic rings. The third-order valence-corrected chi connectivity index (χ3v) is 7.07. The zero-order valence-corrected chi connectivity index (χ0v) is 18.7. The zero-order chi connectivity index (χ0) is 22.6. The van der Waals surface area contributed by atoms with Crippen LogP contribution in [0.25, 0.3) is 0 Å². The number of halogens is 3. The maximum Gasteiger partial charge on any atom is 0.573 e. The quantitative estimate of drug-likeness (QED) is 0.338. The van der Waals surface area contributed by atoms with Crippen molar-refractivity contribution in [2.24, 2.45) is 11.8 Å². The summed E-state index contributed by atoms with van der Waals surface area (Å²) in [5.41, 5.74) is 4.58. The molecule has 0 aliphatic heterocycles. The molecule has 3 unspecified atom stereocenters. The Morgan fingerprint density at radius 3 is 2.44 bits per heavy atom. The first-order valence-corrected chi connectivity index (χ1v) is 11.9. The summed E-state index contributed by atoms with van der Waals surface area (Å²) in [5.74, 6) is 8.45. The maximum atomic E-state index is 12.3. The molecule has 0 bridgehead atoms. The second-order valence-corrected chi connectivity index (χ2v) is 9.32. The second-order valence-electron chi connectivity index (χ2n) is 9.32. The van der Waals surface area contributed by atoms with Gasteiger partial charge in [-0.2, -0.15) is 0 Å². The molecule has 0 spiro atoms. The van der Waals surface area contributed by atoms with Crippen molar-refractivity contribution in [1.82, 2.24) is 0 Å². The fourth-order valence-electron chi connectivity index (χ4n) is 5.52. The summed E-state index contributed by atoms with van der Waals surface area (Å²) in [6, 6.07) is 12.3. The zero-order valence-electron chi connectivity index (χ0n) is 18.7. The van der Waals surface area contributed by atoms with Gasteiger partial charge in [0.2, 0.25) is 0 Å². The van der Waals surface area contributed by atoms with E-state index in [1.807, 2.05) is 0 Å². The van der Waals surface area contributed by atoms with Crippen molar-refractivity contribution < 1.29 is 17.9 Å². The maximum absolute atomic E-state index is 12.3. The van der Waals surface area contributed by atoms with E-state index in [-0.39, 0.29) is 5.75 Å². The summed E-state index contributed by atoms with van der Waals surface area (Å²) in [5, 5.41) is 0. The predicted octanol–water partition coefficient (Wildman–Crippen LogP) is 8.01. The monoisotopic (exact) mass is 440 g/mol. The summed E-state index contributed by atoms with van der Waals surface area (Å²) < 4.78 is 40.8. The molecule has 4 heteroatoms. The van der Waals surface area contributed by atoms with E-state index >= 15 is 0 Å². The molecule has 170 valence electrons. The number of ether oxygens (including phenoxy) is 1. The molecule has 0 aromatic heterocycles. The van der Waals surface area contributed by atoms with E-state index in [0.29, 0.717) is 11.5 Å². The summed E-state index contributed by atoms with van der Waals surface area (Å²) in [6.07, 6.45) is 7.24. The third-order valence-electron chi connectivity index (χ3n) is 7.07. The van der Waals surface area contributed by atoms with E-state index in [9.17, 15) is 13.2 Å². The lowest BCUT2D eigenvalue weighted by molar-refractivity contribution is -0.274. The normalized spacial score (nSPS) is 22.3. The Morgan fingerprint density at radius 1 is 0.938 bits per heavy atom. The molecule has 1 nitrogen and oxygen atoms in total. The molecule has 1 saturated carbocycles. The molecule has 0 radical (unpaired) electrons. The Labute approximate surface area is 189 Å². The van der Waals surface area contributed by atoms with E-state index in [1.165, 1.54) is 74.6 Å². The number of aryl methyl sites for hydroxylation is 1. The molecular formula is C28H31F3O. The molecule has 2 aliphatic carbocycles. The minimum Gasteiger partial charge on any atom is -0.406 e. The number of hydrogen-bond donors (Lipinski definition) is 0. The molecule has 2 aromatic rings. The van der Waals surface area contributed by atoms with Gasteiger partial charge in [-0.1, -0.05) is 50.5 Å². The highest BCUT2D eigenvalue weighted by atomic mass is 19.4. The molecule has 4 rings (SSSR count). The molecule has 0 saturated heterocycles. The Hall–Kier alpha value is -2.41. The number of alkyl halides is 3. The van der Waals surface area contributed by atoms with Crippen molar-refractivity contribution in [3.63, 3.8) is 0 Å². The third kappa shape index (κ3) is 5.88. The summed E-state index contributed by atoms with van der Waals surface area (Å²) >= 11 is 0. The van der Waals surface area contributed by atoms with Crippen LogP contribution in [-0.2, 0) is 6.42 Å². The fourth-order valence-corrected chi connectivity index (χ4v) is 5.52. The molecule has 32 heavy (non-hydrogen) atoms. The SMILES string of the molecule is CCCCCC1CCC2c3ccc(C#Cc4ccc(OC(F)(F)F)cc4)cc3CCC2C1. The van der Waals surface area contributed by atoms with Gasteiger partial charge < -0.3 is 4.74 Å². The van der Waals surface area contributed by atoms with Gasteiger partial charge in [0, 0.05) is 11.1 Å². The van der Waals surface area contributed by atoms with Crippen LogP contribution in [0.1, 0.15) is 86.5 Å². The van der Waals surface area contributed by atoms with Crippen LogP contribution in [-0.4, -0.2) is 6.36 Å². The van der Waals surface area contributed by atoms with Crippen LogP contribution in [0.4, 0.5) is 13.2 Å². The first-order chi connectivity index (χ1) is 15.4. The Kier molecular flexibility index (Phi) is 7.13. The first-order valence-electron chi connectivity index (χ1n) is 11.9. The number of fused-ring (bicyclic) bond motifs is 3. The highest BCUT2D eigenvalue weighted by Crippen LogP contribution is 2.48. The van der Waals surface area contributed by atoms with Crippen molar-refractivity contribution in [2.75, 3.05) is 0 Å². The van der Waals surface area contributed by atoms with E-state index < -0.39 is 6.36 Å². The average Bonchev–Trinajstić information content (AvgIpc) is 2.77. The van der Waals surface area contributed by atoms with Crippen LogP contribution in [0.2, 0.25) is 0 Å². The highest BCUT2D eigenvalue weighted by Gasteiger charge is 2.35. The van der Waals surface area contributed by atoms with Crippen LogP contribution >= 0.6 is 0 Å². The summed E-state index contributed by atoms with van der Waals surface area (Å²) in [4.78, 5) is 0. The highest BCUT2D eigenvalue weighted by molar-refractivity contribution is 5.48. The van der Waals surface area contributed by atoms with Crippen molar-refractivity contribution in [2.45, 2.75) is 77.0 Å². The summed E-state index contributed by atoms with van der Waals surface area (Å²) in [7, 11) is 0. The standard InChI is InChI=1S/C28H31F3O/c1-2-3-4-5-21-10-16-26-23(18-21)12-13-24-19-22(11-17-27(24)26)7-6-20-8-14-25(15-9-20)32-28(29,30)31/h8-9,11,14-15,17,19,21,23,26H,2-5,10,12-13,16,18H2,1H3. The molecule has 2 aromatic carbocycles. The fraction of sp³-hybridized carbons (Fsp3) is 0.500. The molecule has 0 heterocycles. The molecular weight excluding hydrogens is 409 g/mol. The number of benzene rings is 2. The summed E-state index contributed by atoms with van der Waals surface area (Å²) in [6.45, 7) is 2.27. The Balaban J connectivity index is 1.40. The van der Waals surface area contributed by atoms with Crippen molar-refractivity contribution in [3.8, 4) is 17.6 Å². The van der Waals surface area contributed by atoms with E-state index in [4.69, 9.17) is 0 Å². The van der Waals surface area contributed by atoms with Gasteiger partial charge in [0.05, 0.1) is 0 Å². The Morgan fingerprint density at radius 2 is 1.69 bits per heavy atom. The Bertz CT molecular complexity index is 965. The van der Waals surface area contributed by atoms with Crippen LogP contribution in [0, 0.1) is 23.7 Å². The van der Waals surface area contributed by atoms with Crippen LogP contribution in [0.15, 0.2) is 42.5 Å². The molecule has 1 fully saturated rings. The first kappa shape index (κ1) is 22.8. The second kappa shape index (κ2) is 10.0. The van der Waals surface area contributed by atoms with Crippen LogP contribution in [0.5, 0.6) is 5.75 Å². The molecule has 0 N–H and O–H groups in total. The predicted molar refractivity (Wildman–Crippen MR) is 122 cm³/mol.